The van der Waals surface area contributed by atoms with Gasteiger partial charge in [0, 0.05) is 36.9 Å². The molecule has 0 unspecified atom stereocenters. The molecule has 0 radical (unpaired) electrons. The van der Waals surface area contributed by atoms with Gasteiger partial charge in [-0.3, -0.25) is 9.59 Å². The number of carbonyl (C=O) groups is 2. The van der Waals surface area contributed by atoms with E-state index in [4.69, 9.17) is 4.74 Å². The normalized spacial score (nSPS) is 15.4. The van der Waals surface area contributed by atoms with Crippen LogP contribution in [0.4, 0.5) is 4.79 Å². The van der Waals surface area contributed by atoms with Crippen molar-refractivity contribution in [3.8, 4) is 0 Å². The lowest BCUT2D eigenvalue weighted by Gasteiger charge is -2.33. The third-order valence-electron chi connectivity index (χ3n) is 5.23. The lowest BCUT2D eigenvalue weighted by molar-refractivity contribution is -0.132. The van der Waals surface area contributed by atoms with Crippen molar-refractivity contribution in [2.24, 2.45) is 0 Å². The second kappa shape index (κ2) is 8.75. The molecule has 2 aromatic rings. The molecule has 9 heteroatoms. The van der Waals surface area contributed by atoms with Crippen LogP contribution < -0.4 is 10.9 Å². The number of nitrogens with one attached hydrogen (secondary N) is 2. The first-order valence-corrected chi connectivity index (χ1v) is 11.1. The molecule has 0 atom stereocenters. The fraction of sp³-hybridized carbons (Fsp3) is 0.619. The van der Waals surface area contributed by atoms with Gasteiger partial charge in [0.2, 0.25) is 5.91 Å². The van der Waals surface area contributed by atoms with Gasteiger partial charge in [0.05, 0.1) is 5.39 Å². The van der Waals surface area contributed by atoms with E-state index in [1.54, 1.807) is 0 Å². The number of nitrogens with zero attached hydrogens (tertiary/aromatic N) is 2. The summed E-state index contributed by atoms with van der Waals surface area (Å²) in [5.41, 5.74) is 0.298. The summed E-state index contributed by atoms with van der Waals surface area (Å²) in [6.07, 6.45) is 1.66. The second-order valence-corrected chi connectivity index (χ2v) is 9.98. The summed E-state index contributed by atoms with van der Waals surface area (Å²) in [5.74, 6) is 0.579. The van der Waals surface area contributed by atoms with E-state index in [1.807, 2.05) is 39.5 Å². The molecule has 1 aliphatic heterocycles. The first-order chi connectivity index (χ1) is 14.0. The average molecular weight is 435 g/mol. The number of fused-ring (bicyclic) bond motifs is 1. The Balaban J connectivity index is 1.50. The number of aryl methyl sites for hydroxylation is 3. The van der Waals surface area contributed by atoms with E-state index in [0.29, 0.717) is 50.0 Å². The minimum absolute atomic E-state index is 0.00892. The van der Waals surface area contributed by atoms with Gasteiger partial charge in [-0.25, -0.2) is 9.78 Å². The summed E-state index contributed by atoms with van der Waals surface area (Å²) < 4.78 is 5.29. The van der Waals surface area contributed by atoms with Crippen LogP contribution in [0, 0.1) is 13.8 Å². The van der Waals surface area contributed by atoms with E-state index in [-0.39, 0.29) is 17.5 Å². The highest BCUT2D eigenvalue weighted by Gasteiger charge is 2.25. The number of thiophene rings is 1. The van der Waals surface area contributed by atoms with Gasteiger partial charge in [-0.1, -0.05) is 0 Å². The number of piperidine rings is 1. The van der Waals surface area contributed by atoms with Crippen molar-refractivity contribution < 1.29 is 14.3 Å². The third kappa shape index (κ3) is 5.38. The lowest BCUT2D eigenvalue weighted by Crippen LogP contribution is -2.47. The van der Waals surface area contributed by atoms with E-state index >= 15 is 0 Å². The largest absolute Gasteiger partial charge is 0.444 e. The molecule has 3 heterocycles. The molecule has 30 heavy (non-hydrogen) atoms. The number of hydrogen-bond donors (Lipinski definition) is 2. The summed E-state index contributed by atoms with van der Waals surface area (Å²) in [6, 6.07) is 0.00892. The summed E-state index contributed by atoms with van der Waals surface area (Å²) >= 11 is 1.51. The Morgan fingerprint density at radius 1 is 1.27 bits per heavy atom. The van der Waals surface area contributed by atoms with E-state index in [9.17, 15) is 14.4 Å². The van der Waals surface area contributed by atoms with E-state index in [0.717, 1.165) is 15.3 Å². The minimum atomic E-state index is -0.528. The highest BCUT2D eigenvalue weighted by Crippen LogP contribution is 2.25. The van der Waals surface area contributed by atoms with E-state index in [1.165, 1.54) is 11.3 Å². The maximum Gasteiger partial charge on any atom is 0.407 e. The zero-order valence-corrected chi connectivity index (χ0v) is 19.1. The first kappa shape index (κ1) is 22.3. The monoisotopic (exact) mass is 434 g/mol. The molecule has 2 amide bonds. The zero-order chi connectivity index (χ0) is 22.1. The number of aromatic nitrogens is 2. The van der Waals surface area contributed by atoms with E-state index < -0.39 is 11.7 Å². The number of aromatic amines is 1. The Kier molecular flexibility index (Phi) is 6.50. The third-order valence-corrected chi connectivity index (χ3v) is 6.33. The molecule has 2 N–H and O–H groups in total. The van der Waals surface area contributed by atoms with Crippen LogP contribution in [-0.2, 0) is 16.0 Å². The van der Waals surface area contributed by atoms with Gasteiger partial charge in [0.1, 0.15) is 16.3 Å². The molecule has 3 rings (SSSR count). The van der Waals surface area contributed by atoms with Crippen molar-refractivity contribution in [2.75, 3.05) is 13.1 Å². The van der Waals surface area contributed by atoms with E-state index in [2.05, 4.69) is 15.3 Å². The van der Waals surface area contributed by atoms with Crippen LogP contribution in [0.25, 0.3) is 10.2 Å². The summed E-state index contributed by atoms with van der Waals surface area (Å²) in [6.45, 7) is 10.6. The van der Waals surface area contributed by atoms with Crippen molar-refractivity contribution in [3.63, 3.8) is 0 Å². The lowest BCUT2D eigenvalue weighted by atomic mass is 10.0. The highest BCUT2D eigenvalue weighted by atomic mass is 32.1. The van der Waals surface area contributed by atoms with Crippen LogP contribution in [0.3, 0.4) is 0 Å². The van der Waals surface area contributed by atoms with Crippen molar-refractivity contribution in [1.29, 1.82) is 0 Å². The fourth-order valence-electron chi connectivity index (χ4n) is 3.55. The molecule has 1 saturated heterocycles. The smallest absolute Gasteiger partial charge is 0.407 e. The number of likely N-dealkylation sites (tertiary alicyclic amines) is 1. The molecule has 164 valence electrons. The van der Waals surface area contributed by atoms with Crippen molar-refractivity contribution in [1.82, 2.24) is 20.2 Å². The summed E-state index contributed by atoms with van der Waals surface area (Å²) in [5, 5.41) is 3.52. The molecule has 1 aliphatic rings. The predicted molar refractivity (Wildman–Crippen MR) is 117 cm³/mol. The quantitative estimate of drug-likeness (QED) is 0.770. The van der Waals surface area contributed by atoms with Crippen LogP contribution in [0.1, 0.15) is 56.3 Å². The standard InChI is InChI=1S/C21H30N4O4S/c1-12-13(2)30-19-17(12)18(27)23-15(24-19)6-7-16(26)25-10-8-14(9-11-25)22-20(28)29-21(3,4)5/h14H,6-11H2,1-5H3,(H,22,28)(H,23,24,27). The Hall–Kier alpha value is -2.42. The molecule has 0 bridgehead atoms. The number of ether oxygens (including phenoxy) is 1. The maximum atomic E-state index is 12.6. The molecule has 0 aliphatic carbocycles. The van der Waals surface area contributed by atoms with Crippen molar-refractivity contribution >= 4 is 33.6 Å². The number of carbonyl (C=O) groups excluding carboxylic acids is 2. The SMILES string of the molecule is Cc1sc2nc(CCC(=O)N3CCC(NC(=O)OC(C)(C)C)CC3)[nH]c(=O)c2c1C. The van der Waals surface area contributed by atoms with Gasteiger partial charge in [0.25, 0.3) is 5.56 Å². The molecule has 0 saturated carbocycles. The number of alkyl carbamates (subject to hydrolysis) is 1. The van der Waals surface area contributed by atoms with Crippen LogP contribution in [0.5, 0.6) is 0 Å². The summed E-state index contributed by atoms with van der Waals surface area (Å²) in [7, 11) is 0. The van der Waals surface area contributed by atoms with Crippen molar-refractivity contribution in [2.45, 2.75) is 71.9 Å². The van der Waals surface area contributed by atoms with Gasteiger partial charge in [0.15, 0.2) is 0 Å². The number of hydrogen-bond acceptors (Lipinski definition) is 6. The van der Waals surface area contributed by atoms with Crippen molar-refractivity contribution in [3.05, 3.63) is 26.6 Å². The van der Waals surface area contributed by atoms with Crippen LogP contribution in [0.15, 0.2) is 4.79 Å². The van der Waals surface area contributed by atoms with Gasteiger partial charge >= 0.3 is 6.09 Å². The van der Waals surface area contributed by atoms with Gasteiger partial charge in [-0.2, -0.15) is 0 Å². The Labute approximate surface area is 180 Å². The maximum absolute atomic E-state index is 12.6. The molecule has 1 fully saturated rings. The molecule has 8 nitrogen and oxygen atoms in total. The molecular weight excluding hydrogens is 404 g/mol. The first-order valence-electron chi connectivity index (χ1n) is 10.3. The second-order valence-electron chi connectivity index (χ2n) is 8.78. The summed E-state index contributed by atoms with van der Waals surface area (Å²) in [4.78, 5) is 47.8. The van der Waals surface area contributed by atoms with Crippen LogP contribution in [-0.4, -0.2) is 51.6 Å². The molecule has 2 aromatic heterocycles. The number of amides is 2. The van der Waals surface area contributed by atoms with Gasteiger partial charge in [-0.05, 0) is 53.0 Å². The molecular formula is C21H30N4O4S. The van der Waals surface area contributed by atoms with Gasteiger partial charge < -0.3 is 19.9 Å². The van der Waals surface area contributed by atoms with Gasteiger partial charge in [-0.15, -0.1) is 11.3 Å². The molecule has 0 aromatic carbocycles. The zero-order valence-electron chi connectivity index (χ0n) is 18.3. The minimum Gasteiger partial charge on any atom is -0.444 e. The Bertz CT molecular complexity index is 997. The average Bonchev–Trinajstić information content (AvgIpc) is 2.93. The van der Waals surface area contributed by atoms with Crippen LogP contribution >= 0.6 is 11.3 Å². The topological polar surface area (TPSA) is 104 Å². The Morgan fingerprint density at radius 3 is 2.57 bits per heavy atom. The fourth-order valence-corrected chi connectivity index (χ4v) is 4.60. The predicted octanol–water partition coefficient (Wildman–Crippen LogP) is 3.05. The Morgan fingerprint density at radius 2 is 1.93 bits per heavy atom. The van der Waals surface area contributed by atoms with Crippen LogP contribution in [0.2, 0.25) is 0 Å². The number of H-pyrrole nitrogens is 1. The molecule has 0 spiro atoms. The highest BCUT2D eigenvalue weighted by molar-refractivity contribution is 7.18. The number of rotatable bonds is 4.